The lowest BCUT2D eigenvalue weighted by atomic mass is 10.1. The first kappa shape index (κ1) is 14.5. The van der Waals surface area contributed by atoms with Crippen molar-refractivity contribution in [2.45, 2.75) is 58.1 Å². The van der Waals surface area contributed by atoms with Crippen molar-refractivity contribution in [1.29, 1.82) is 0 Å². The van der Waals surface area contributed by atoms with E-state index in [2.05, 4.69) is 10.3 Å². The Kier molecular flexibility index (Phi) is 5.34. The van der Waals surface area contributed by atoms with Gasteiger partial charge in [-0.1, -0.05) is 25.7 Å². The third-order valence-corrected chi connectivity index (χ3v) is 4.64. The van der Waals surface area contributed by atoms with Crippen LogP contribution in [0.25, 0.3) is 0 Å². The zero-order valence-corrected chi connectivity index (χ0v) is 12.5. The number of aromatic nitrogens is 1. The predicted molar refractivity (Wildman–Crippen MR) is 76.5 cm³/mol. The zero-order chi connectivity index (χ0) is 13.7. The van der Waals surface area contributed by atoms with Gasteiger partial charge >= 0.3 is 0 Å². The molecule has 19 heavy (non-hydrogen) atoms. The van der Waals surface area contributed by atoms with Gasteiger partial charge in [-0.15, -0.1) is 11.3 Å². The number of hydrogen-bond donors (Lipinski definition) is 1. The average Bonchev–Trinajstić information content (AvgIpc) is 2.60. The van der Waals surface area contributed by atoms with E-state index in [1.54, 1.807) is 7.11 Å². The third-order valence-electron chi connectivity index (χ3n) is 3.51. The lowest BCUT2D eigenvalue weighted by Gasteiger charge is -2.15. The van der Waals surface area contributed by atoms with Gasteiger partial charge < -0.3 is 10.1 Å². The summed E-state index contributed by atoms with van der Waals surface area (Å²) in [6.07, 6.45) is 7.25. The molecule has 0 saturated heterocycles. The molecule has 1 aliphatic rings. The van der Waals surface area contributed by atoms with Gasteiger partial charge in [0.15, 0.2) is 0 Å². The van der Waals surface area contributed by atoms with Gasteiger partial charge in [-0.2, -0.15) is 0 Å². The Balaban J connectivity index is 1.98. The van der Waals surface area contributed by atoms with Gasteiger partial charge in [-0.05, 0) is 19.8 Å². The molecule has 1 amide bonds. The first-order valence-corrected chi connectivity index (χ1v) is 7.78. The topological polar surface area (TPSA) is 51.2 Å². The van der Waals surface area contributed by atoms with E-state index in [0.717, 1.165) is 28.4 Å². The van der Waals surface area contributed by atoms with Gasteiger partial charge in [0.25, 0.3) is 5.91 Å². The van der Waals surface area contributed by atoms with Crippen molar-refractivity contribution in [3.05, 3.63) is 15.6 Å². The fourth-order valence-electron chi connectivity index (χ4n) is 2.52. The zero-order valence-electron chi connectivity index (χ0n) is 11.7. The Bertz CT molecular complexity index is 423. The molecule has 106 valence electrons. The number of nitrogens with zero attached hydrogens (tertiary/aromatic N) is 1. The number of carbonyl (C=O) groups is 1. The number of methoxy groups -OCH3 is 1. The number of aryl methyl sites for hydroxylation is 1. The van der Waals surface area contributed by atoms with Crippen LogP contribution in [0.4, 0.5) is 0 Å². The molecular formula is C14H22N2O2S. The second-order valence-corrected chi connectivity index (χ2v) is 6.20. The minimum atomic E-state index is 0.0317. The summed E-state index contributed by atoms with van der Waals surface area (Å²) < 4.78 is 5.06. The summed E-state index contributed by atoms with van der Waals surface area (Å²) in [5.41, 5.74) is 0.808. The molecule has 1 aliphatic carbocycles. The number of nitrogens with one attached hydrogen (secondary N) is 1. The molecule has 1 aromatic rings. The van der Waals surface area contributed by atoms with Crippen LogP contribution in [0, 0.1) is 6.92 Å². The van der Waals surface area contributed by atoms with E-state index in [-0.39, 0.29) is 5.91 Å². The van der Waals surface area contributed by atoms with Crippen molar-refractivity contribution in [1.82, 2.24) is 10.3 Å². The molecular weight excluding hydrogens is 260 g/mol. The van der Waals surface area contributed by atoms with Crippen LogP contribution in [0.5, 0.6) is 0 Å². The number of carbonyl (C=O) groups excluding carboxylic acids is 1. The molecule has 4 nitrogen and oxygen atoms in total. The molecule has 5 heteroatoms. The number of rotatable bonds is 4. The SMILES string of the molecule is COCc1nc(C)c(C(=O)NC2CCCCCC2)s1. The van der Waals surface area contributed by atoms with Crippen LogP contribution < -0.4 is 5.32 Å². The highest BCUT2D eigenvalue weighted by atomic mass is 32.1. The van der Waals surface area contributed by atoms with Crippen LogP contribution >= 0.6 is 11.3 Å². The summed E-state index contributed by atoms with van der Waals surface area (Å²) >= 11 is 1.44. The molecule has 0 atom stereocenters. The molecule has 0 aliphatic heterocycles. The van der Waals surface area contributed by atoms with Crippen LogP contribution in [0.1, 0.15) is 58.9 Å². The lowest BCUT2D eigenvalue weighted by Crippen LogP contribution is -2.34. The molecule has 0 radical (unpaired) electrons. The van der Waals surface area contributed by atoms with Crippen LogP contribution in [0.2, 0.25) is 0 Å². The van der Waals surface area contributed by atoms with Crippen molar-refractivity contribution in [2.75, 3.05) is 7.11 Å². The highest BCUT2D eigenvalue weighted by Crippen LogP contribution is 2.21. The monoisotopic (exact) mass is 282 g/mol. The minimum Gasteiger partial charge on any atom is -0.378 e. The van der Waals surface area contributed by atoms with E-state index < -0.39 is 0 Å². The second-order valence-electron chi connectivity index (χ2n) is 5.12. The molecule has 1 N–H and O–H groups in total. The normalized spacial score (nSPS) is 17.2. The summed E-state index contributed by atoms with van der Waals surface area (Å²) in [5.74, 6) is 0.0317. The minimum absolute atomic E-state index is 0.0317. The quantitative estimate of drug-likeness (QED) is 0.864. The Morgan fingerprint density at radius 3 is 2.68 bits per heavy atom. The summed E-state index contributed by atoms with van der Waals surface area (Å²) in [5, 5.41) is 4.03. The van der Waals surface area contributed by atoms with Crippen molar-refractivity contribution >= 4 is 17.2 Å². The van der Waals surface area contributed by atoms with Crippen LogP contribution in [-0.4, -0.2) is 24.0 Å². The predicted octanol–water partition coefficient (Wildman–Crippen LogP) is 3.05. The molecule has 0 unspecified atom stereocenters. The van der Waals surface area contributed by atoms with Gasteiger partial charge in [0, 0.05) is 13.2 Å². The molecule has 0 bridgehead atoms. The number of thiazole rings is 1. The van der Waals surface area contributed by atoms with Crippen LogP contribution in [0.3, 0.4) is 0 Å². The maximum atomic E-state index is 12.3. The van der Waals surface area contributed by atoms with E-state index in [4.69, 9.17) is 4.74 Å². The van der Waals surface area contributed by atoms with Gasteiger partial charge in [0.05, 0.1) is 12.3 Å². The first-order chi connectivity index (χ1) is 9.20. The number of ether oxygens (including phenoxy) is 1. The smallest absolute Gasteiger partial charge is 0.263 e. The number of hydrogen-bond acceptors (Lipinski definition) is 4. The Morgan fingerprint density at radius 2 is 2.05 bits per heavy atom. The van der Waals surface area contributed by atoms with Crippen molar-refractivity contribution in [3.8, 4) is 0 Å². The Labute approximate surface area is 118 Å². The summed E-state index contributed by atoms with van der Waals surface area (Å²) in [6.45, 7) is 2.36. The van der Waals surface area contributed by atoms with Gasteiger partial charge in [-0.25, -0.2) is 4.98 Å². The second kappa shape index (κ2) is 7.01. The van der Waals surface area contributed by atoms with Gasteiger partial charge in [-0.3, -0.25) is 4.79 Å². The van der Waals surface area contributed by atoms with E-state index in [1.165, 1.54) is 37.0 Å². The van der Waals surface area contributed by atoms with Gasteiger partial charge in [0.2, 0.25) is 0 Å². The average molecular weight is 282 g/mol. The third kappa shape index (κ3) is 4.01. The van der Waals surface area contributed by atoms with Crippen molar-refractivity contribution in [2.24, 2.45) is 0 Å². The summed E-state index contributed by atoms with van der Waals surface area (Å²) in [7, 11) is 1.64. The first-order valence-electron chi connectivity index (χ1n) is 6.97. The van der Waals surface area contributed by atoms with E-state index >= 15 is 0 Å². The largest absolute Gasteiger partial charge is 0.378 e. The molecule has 0 spiro atoms. The fourth-order valence-corrected chi connectivity index (χ4v) is 3.46. The Hall–Kier alpha value is -0.940. The van der Waals surface area contributed by atoms with Crippen molar-refractivity contribution < 1.29 is 9.53 Å². The maximum Gasteiger partial charge on any atom is 0.263 e. The summed E-state index contributed by atoms with van der Waals surface area (Å²) in [6, 6.07) is 0.336. The van der Waals surface area contributed by atoms with Crippen LogP contribution in [0.15, 0.2) is 0 Å². The van der Waals surface area contributed by atoms with Crippen LogP contribution in [-0.2, 0) is 11.3 Å². The lowest BCUT2D eigenvalue weighted by molar-refractivity contribution is 0.0936. The molecule has 1 aromatic heterocycles. The fraction of sp³-hybridized carbons (Fsp3) is 0.714. The molecule has 1 fully saturated rings. The number of amides is 1. The van der Waals surface area contributed by atoms with E-state index in [1.807, 2.05) is 6.92 Å². The Morgan fingerprint density at radius 1 is 1.37 bits per heavy atom. The maximum absolute atomic E-state index is 12.3. The van der Waals surface area contributed by atoms with E-state index in [9.17, 15) is 4.79 Å². The van der Waals surface area contributed by atoms with Gasteiger partial charge in [0.1, 0.15) is 9.88 Å². The standard InChI is InChI=1S/C14H22N2O2S/c1-10-13(19-12(15-10)9-18-2)14(17)16-11-7-5-3-4-6-8-11/h11H,3-9H2,1-2H3,(H,16,17). The van der Waals surface area contributed by atoms with Crippen molar-refractivity contribution in [3.63, 3.8) is 0 Å². The summed E-state index contributed by atoms with van der Waals surface area (Å²) in [4.78, 5) is 17.4. The highest BCUT2D eigenvalue weighted by molar-refractivity contribution is 7.13. The van der Waals surface area contributed by atoms with E-state index in [0.29, 0.717) is 12.6 Å². The molecule has 0 aromatic carbocycles. The molecule has 1 saturated carbocycles. The molecule has 1 heterocycles. The molecule has 2 rings (SSSR count). The highest BCUT2D eigenvalue weighted by Gasteiger charge is 2.19.